The van der Waals surface area contributed by atoms with Gasteiger partial charge in [0.05, 0.1) is 19.8 Å². The Bertz CT molecular complexity index is 304. The number of ether oxygens (including phenoxy) is 1. The summed E-state index contributed by atoms with van der Waals surface area (Å²) in [4.78, 5) is 2.01. The van der Waals surface area contributed by atoms with E-state index in [1.165, 1.54) is 0 Å². The van der Waals surface area contributed by atoms with Gasteiger partial charge in [-0.3, -0.25) is 0 Å². The van der Waals surface area contributed by atoms with Crippen molar-refractivity contribution in [1.82, 2.24) is 0 Å². The quantitative estimate of drug-likeness (QED) is 0.714. The fourth-order valence-electron chi connectivity index (χ4n) is 1.63. The van der Waals surface area contributed by atoms with Gasteiger partial charge in [-0.15, -0.1) is 0 Å². The maximum absolute atomic E-state index is 9.24. The van der Waals surface area contributed by atoms with Crippen molar-refractivity contribution >= 4 is 5.69 Å². The number of anilines is 1. The maximum Gasteiger partial charge on any atom is 0.0702 e. The monoisotopic (exact) mass is 225 g/mol. The number of rotatable bonds is 7. The Kier molecular flexibility index (Phi) is 5.85. The number of hydrogen-bond acceptors (Lipinski definition) is 4. The molecule has 4 nitrogen and oxygen atoms in total. The van der Waals surface area contributed by atoms with E-state index in [0.717, 1.165) is 11.3 Å². The lowest BCUT2D eigenvalue weighted by molar-refractivity contribution is 0.202. The van der Waals surface area contributed by atoms with E-state index < -0.39 is 0 Å². The van der Waals surface area contributed by atoms with E-state index in [1.807, 2.05) is 29.2 Å². The molecule has 0 atom stereocenters. The summed E-state index contributed by atoms with van der Waals surface area (Å²) in [5.41, 5.74) is 1.82. The number of aliphatic hydroxyl groups excluding tert-OH is 2. The lowest BCUT2D eigenvalue weighted by atomic mass is 10.1. The summed E-state index contributed by atoms with van der Waals surface area (Å²) >= 11 is 0. The highest BCUT2D eigenvalue weighted by Crippen LogP contribution is 2.19. The molecule has 0 radical (unpaired) electrons. The van der Waals surface area contributed by atoms with Crippen LogP contribution in [-0.2, 0) is 11.3 Å². The molecule has 0 aromatic heterocycles. The van der Waals surface area contributed by atoms with Gasteiger partial charge in [-0.25, -0.2) is 0 Å². The number of nitrogens with zero attached hydrogens (tertiary/aromatic N) is 1. The highest BCUT2D eigenvalue weighted by molar-refractivity contribution is 5.53. The molecule has 0 fully saturated rings. The van der Waals surface area contributed by atoms with Crippen molar-refractivity contribution in [3.8, 4) is 0 Å². The normalized spacial score (nSPS) is 10.4. The molecule has 16 heavy (non-hydrogen) atoms. The zero-order valence-electron chi connectivity index (χ0n) is 9.59. The Morgan fingerprint density at radius 1 is 1.19 bits per heavy atom. The molecule has 0 heterocycles. The molecular weight excluding hydrogens is 206 g/mol. The van der Waals surface area contributed by atoms with Crippen LogP contribution in [0.4, 0.5) is 5.69 Å². The highest BCUT2D eigenvalue weighted by Gasteiger charge is 2.09. The van der Waals surface area contributed by atoms with Crippen LogP contribution in [-0.4, -0.2) is 43.6 Å². The summed E-state index contributed by atoms with van der Waals surface area (Å²) in [5.74, 6) is 0. The molecule has 0 saturated heterocycles. The second kappa shape index (κ2) is 7.22. The standard InChI is InChI=1S/C12H19NO3/c1-16-9-7-13(6-8-14)12-5-3-2-4-11(12)10-15/h2-5,14-15H,6-10H2,1H3. The fourth-order valence-corrected chi connectivity index (χ4v) is 1.63. The van der Waals surface area contributed by atoms with E-state index in [-0.39, 0.29) is 13.2 Å². The molecule has 0 bridgehead atoms. The smallest absolute Gasteiger partial charge is 0.0702 e. The summed E-state index contributed by atoms with van der Waals surface area (Å²) in [6, 6.07) is 7.64. The van der Waals surface area contributed by atoms with Crippen LogP contribution in [0, 0.1) is 0 Å². The van der Waals surface area contributed by atoms with Gasteiger partial charge in [0.2, 0.25) is 0 Å². The minimum atomic E-state index is 0.00504. The number of hydrogen-bond donors (Lipinski definition) is 2. The van der Waals surface area contributed by atoms with Gasteiger partial charge in [0, 0.05) is 31.5 Å². The summed E-state index contributed by atoms with van der Waals surface area (Å²) in [5, 5.41) is 18.3. The summed E-state index contributed by atoms with van der Waals surface area (Å²) in [6.07, 6.45) is 0. The minimum Gasteiger partial charge on any atom is -0.395 e. The summed E-state index contributed by atoms with van der Waals surface area (Å²) < 4.78 is 5.03. The summed E-state index contributed by atoms with van der Waals surface area (Å²) in [7, 11) is 1.65. The van der Waals surface area contributed by atoms with Crippen molar-refractivity contribution < 1.29 is 14.9 Å². The van der Waals surface area contributed by atoms with Gasteiger partial charge in [0.1, 0.15) is 0 Å². The minimum absolute atomic E-state index is 0.00504. The molecule has 1 aromatic rings. The lowest BCUT2D eigenvalue weighted by Crippen LogP contribution is -2.30. The van der Waals surface area contributed by atoms with Gasteiger partial charge in [0.25, 0.3) is 0 Å². The molecule has 0 aliphatic carbocycles. The van der Waals surface area contributed by atoms with Crippen molar-refractivity contribution in [2.75, 3.05) is 38.3 Å². The number of benzene rings is 1. The Morgan fingerprint density at radius 2 is 1.94 bits per heavy atom. The average molecular weight is 225 g/mol. The van der Waals surface area contributed by atoms with E-state index in [9.17, 15) is 5.11 Å². The number of methoxy groups -OCH3 is 1. The molecule has 0 aliphatic rings. The second-order valence-electron chi connectivity index (χ2n) is 3.49. The SMILES string of the molecule is COCCN(CCO)c1ccccc1CO. The van der Waals surface area contributed by atoms with Crippen LogP contribution in [0.15, 0.2) is 24.3 Å². The van der Waals surface area contributed by atoms with Crippen LogP contribution in [0.3, 0.4) is 0 Å². The molecule has 0 spiro atoms. The first-order valence-corrected chi connectivity index (χ1v) is 5.37. The Hall–Kier alpha value is -1.10. The van der Waals surface area contributed by atoms with E-state index in [4.69, 9.17) is 9.84 Å². The highest BCUT2D eigenvalue weighted by atomic mass is 16.5. The zero-order chi connectivity index (χ0) is 11.8. The average Bonchev–Trinajstić information content (AvgIpc) is 2.34. The predicted octanol–water partition coefficient (Wildman–Crippen LogP) is 0.624. The number of para-hydroxylation sites is 1. The first-order valence-electron chi connectivity index (χ1n) is 5.37. The van der Waals surface area contributed by atoms with Crippen molar-refractivity contribution in [3.05, 3.63) is 29.8 Å². The Labute approximate surface area is 96.1 Å². The van der Waals surface area contributed by atoms with Gasteiger partial charge in [-0.1, -0.05) is 18.2 Å². The third kappa shape index (κ3) is 3.48. The molecule has 4 heteroatoms. The fraction of sp³-hybridized carbons (Fsp3) is 0.500. The van der Waals surface area contributed by atoms with E-state index >= 15 is 0 Å². The first-order chi connectivity index (χ1) is 7.83. The number of aliphatic hydroxyl groups is 2. The van der Waals surface area contributed by atoms with E-state index in [2.05, 4.69) is 0 Å². The van der Waals surface area contributed by atoms with Crippen LogP contribution < -0.4 is 4.90 Å². The van der Waals surface area contributed by atoms with Crippen LogP contribution in [0.5, 0.6) is 0 Å². The van der Waals surface area contributed by atoms with Gasteiger partial charge in [-0.2, -0.15) is 0 Å². The topological polar surface area (TPSA) is 52.9 Å². The van der Waals surface area contributed by atoms with Gasteiger partial charge >= 0.3 is 0 Å². The third-order valence-corrected chi connectivity index (χ3v) is 2.44. The van der Waals surface area contributed by atoms with Crippen LogP contribution in [0.2, 0.25) is 0 Å². The third-order valence-electron chi connectivity index (χ3n) is 2.44. The lowest BCUT2D eigenvalue weighted by Gasteiger charge is -2.25. The van der Waals surface area contributed by atoms with Crippen LogP contribution in [0.1, 0.15) is 5.56 Å². The van der Waals surface area contributed by atoms with Gasteiger partial charge in [0.15, 0.2) is 0 Å². The van der Waals surface area contributed by atoms with Crippen LogP contribution >= 0.6 is 0 Å². The van der Waals surface area contributed by atoms with Gasteiger partial charge < -0.3 is 19.8 Å². The summed E-state index contributed by atoms with van der Waals surface area (Å²) in [6.45, 7) is 1.93. The van der Waals surface area contributed by atoms with E-state index in [0.29, 0.717) is 19.7 Å². The predicted molar refractivity (Wildman–Crippen MR) is 63.5 cm³/mol. The molecule has 2 N–H and O–H groups in total. The second-order valence-corrected chi connectivity index (χ2v) is 3.49. The molecule has 0 unspecified atom stereocenters. The molecule has 0 aliphatic heterocycles. The van der Waals surface area contributed by atoms with E-state index in [1.54, 1.807) is 7.11 Å². The van der Waals surface area contributed by atoms with Crippen molar-refractivity contribution in [1.29, 1.82) is 0 Å². The zero-order valence-corrected chi connectivity index (χ0v) is 9.59. The Morgan fingerprint density at radius 3 is 2.56 bits per heavy atom. The molecule has 0 amide bonds. The van der Waals surface area contributed by atoms with Crippen LogP contribution in [0.25, 0.3) is 0 Å². The first kappa shape index (κ1) is 13.0. The maximum atomic E-state index is 9.24. The van der Waals surface area contributed by atoms with Crippen molar-refractivity contribution in [2.45, 2.75) is 6.61 Å². The Balaban J connectivity index is 2.81. The molecular formula is C12H19NO3. The van der Waals surface area contributed by atoms with Crippen molar-refractivity contribution in [2.24, 2.45) is 0 Å². The van der Waals surface area contributed by atoms with Gasteiger partial charge in [-0.05, 0) is 6.07 Å². The molecule has 90 valence electrons. The molecule has 0 saturated carbocycles. The molecule has 1 rings (SSSR count). The largest absolute Gasteiger partial charge is 0.395 e. The molecule has 1 aromatic carbocycles. The van der Waals surface area contributed by atoms with Crippen molar-refractivity contribution in [3.63, 3.8) is 0 Å².